The van der Waals surface area contributed by atoms with Crippen LogP contribution in [0.15, 0.2) is 32.9 Å². The zero-order valence-electron chi connectivity index (χ0n) is 28.6. The number of aryl methyl sites for hydroxylation is 2. The summed E-state index contributed by atoms with van der Waals surface area (Å²) in [4.78, 5) is 16.0. The molecule has 0 unspecified atom stereocenters. The number of aromatic hydroxyl groups is 1. The van der Waals surface area contributed by atoms with Crippen molar-refractivity contribution in [3.63, 3.8) is 0 Å². The van der Waals surface area contributed by atoms with Crippen molar-refractivity contribution in [3.05, 3.63) is 52.4 Å². The van der Waals surface area contributed by atoms with Crippen molar-refractivity contribution >= 4 is 40.0 Å². The van der Waals surface area contributed by atoms with Gasteiger partial charge in [0, 0.05) is 10.8 Å². The maximum Gasteiger partial charge on any atom is 0.320 e. The molecular formula is C29H29N21O. The molecule has 7 aromatic rings. The van der Waals surface area contributed by atoms with E-state index >= 15 is 0 Å². The summed E-state index contributed by atoms with van der Waals surface area (Å²) in [6, 6.07) is 1.33. The summed E-state index contributed by atoms with van der Waals surface area (Å²) in [5.41, 5.74) is 2.36. The van der Waals surface area contributed by atoms with Crippen molar-refractivity contribution in [2.45, 2.75) is 66.2 Å². The molecule has 0 bridgehead atoms. The number of rotatable bonds is 6. The summed E-state index contributed by atoms with van der Waals surface area (Å²) in [6.45, 7) is 23.2. The summed E-state index contributed by atoms with van der Waals surface area (Å²) in [5, 5.41) is 70.4. The molecule has 3 N–H and O–H groups in total. The molecule has 51 heavy (non-hydrogen) atoms. The number of azo groups is 2. The minimum atomic E-state index is -0.711. The van der Waals surface area contributed by atoms with Crippen molar-refractivity contribution in [2.75, 3.05) is 0 Å². The molecule has 0 spiro atoms. The van der Waals surface area contributed by atoms with E-state index in [1.54, 1.807) is 22.9 Å². The second kappa shape index (κ2) is 11.4. The van der Waals surface area contributed by atoms with Gasteiger partial charge in [-0.3, -0.25) is 10.2 Å². The number of fused-ring (bicyclic) bond motifs is 2. The number of hydrogen-bond acceptors (Lipinski definition) is 15. The Hall–Kier alpha value is -7.23. The Morgan fingerprint density at radius 2 is 1.25 bits per heavy atom. The fraction of sp³-hybridized carbons (Fsp3) is 0.345. The average molecular weight is 688 g/mol. The summed E-state index contributed by atoms with van der Waals surface area (Å²) in [7, 11) is 0. The first kappa shape index (κ1) is 32.3. The first-order chi connectivity index (χ1) is 24.2. The van der Waals surface area contributed by atoms with Crippen LogP contribution in [0.1, 0.15) is 70.1 Å². The molecule has 0 saturated carbocycles. The van der Waals surface area contributed by atoms with E-state index in [9.17, 15) is 10.4 Å². The fourth-order valence-corrected chi connectivity index (χ4v) is 5.09. The van der Waals surface area contributed by atoms with E-state index < -0.39 is 16.8 Å². The molecule has 256 valence electrons. The average Bonchev–Trinajstić information content (AvgIpc) is 3.90. The molecule has 7 heterocycles. The van der Waals surface area contributed by atoms with Crippen molar-refractivity contribution in [1.82, 2.24) is 74.1 Å². The summed E-state index contributed by atoms with van der Waals surface area (Å²) < 4.78 is 5.48. The number of aromatic nitrogens is 15. The summed E-state index contributed by atoms with van der Waals surface area (Å²) >= 11 is 0. The smallest absolute Gasteiger partial charge is 0.320 e. The van der Waals surface area contributed by atoms with Gasteiger partial charge in [0.25, 0.3) is 17.6 Å². The van der Waals surface area contributed by atoms with E-state index in [2.05, 4.69) is 81.0 Å². The summed E-state index contributed by atoms with van der Waals surface area (Å²) in [6.07, 6.45) is 2.52. The number of nitrogens with zero attached hydrogens (tertiary/aromatic N) is 19. The SMILES string of the molecule is [C-]#[N+]c1cnn(-c2nc(O)nc(-n3ncc(C#N)c3N=Nc3c(C(C)(C)C)nn4c(C)n[nH]c34)n2)c1N=Nc1c(C(C)(C)C)nn2c(C)n[nH]c12. The Kier molecular flexibility index (Phi) is 7.25. The minimum Gasteiger partial charge on any atom is -0.479 e. The molecule has 0 atom stereocenters. The molecule has 0 aliphatic carbocycles. The van der Waals surface area contributed by atoms with Gasteiger partial charge in [0.2, 0.25) is 0 Å². The van der Waals surface area contributed by atoms with E-state index in [1.807, 2.05) is 47.6 Å². The van der Waals surface area contributed by atoms with Crippen molar-refractivity contribution < 1.29 is 5.11 Å². The van der Waals surface area contributed by atoms with Gasteiger partial charge in [-0.2, -0.15) is 69.2 Å². The van der Waals surface area contributed by atoms with E-state index in [-0.39, 0.29) is 34.8 Å². The highest BCUT2D eigenvalue weighted by atomic mass is 16.3. The zero-order valence-corrected chi connectivity index (χ0v) is 28.6. The Labute approximate surface area is 287 Å². The standard InChI is InChI=1S/C29H29N21O/c1-13-37-43-23-17(19(28(3,4)5)45-47(13)23)39-41-21-15(10-30)11-32-49(21)25-34-26(36-27(51)35-25)50-22(16(31-9)12-33-50)42-40-18-20(29(6,7)8)46-48-14(2)38-44-24(18)48/h11-12,43-44H,1-8H3,(H,34,35,36,51). The van der Waals surface area contributed by atoms with E-state index in [0.717, 1.165) is 9.36 Å². The van der Waals surface area contributed by atoms with Gasteiger partial charge >= 0.3 is 6.01 Å². The molecule has 0 aliphatic rings. The highest BCUT2D eigenvalue weighted by Crippen LogP contribution is 2.38. The third-order valence-corrected chi connectivity index (χ3v) is 7.58. The first-order valence-corrected chi connectivity index (χ1v) is 15.3. The van der Waals surface area contributed by atoms with Crippen LogP contribution >= 0.6 is 0 Å². The van der Waals surface area contributed by atoms with Crippen LogP contribution in [0.25, 0.3) is 28.0 Å². The number of nitriles is 1. The quantitative estimate of drug-likeness (QED) is 0.152. The lowest BCUT2D eigenvalue weighted by Gasteiger charge is -2.15. The van der Waals surface area contributed by atoms with Crippen molar-refractivity contribution in [2.24, 2.45) is 20.5 Å². The lowest BCUT2D eigenvalue weighted by molar-refractivity contribution is 0.423. The molecule has 0 aromatic carbocycles. The van der Waals surface area contributed by atoms with E-state index in [4.69, 9.17) is 6.57 Å². The van der Waals surface area contributed by atoms with E-state index in [1.165, 1.54) is 12.4 Å². The molecular weight excluding hydrogens is 658 g/mol. The van der Waals surface area contributed by atoms with Crippen molar-refractivity contribution in [3.8, 4) is 24.0 Å². The maximum atomic E-state index is 10.7. The molecule has 0 radical (unpaired) electrons. The van der Waals surface area contributed by atoms with Crippen LogP contribution in [-0.4, -0.2) is 79.2 Å². The van der Waals surface area contributed by atoms with Crippen LogP contribution < -0.4 is 0 Å². The van der Waals surface area contributed by atoms with Gasteiger partial charge in [0.15, 0.2) is 34.3 Å². The van der Waals surface area contributed by atoms with Gasteiger partial charge < -0.3 is 5.11 Å². The molecule has 7 rings (SSSR count). The highest BCUT2D eigenvalue weighted by Gasteiger charge is 2.29. The van der Waals surface area contributed by atoms with Crippen LogP contribution in [0.5, 0.6) is 6.01 Å². The normalized spacial score (nSPS) is 12.6. The number of aromatic amines is 2. The largest absolute Gasteiger partial charge is 0.479 e. The van der Waals surface area contributed by atoms with Gasteiger partial charge in [0.1, 0.15) is 23.3 Å². The zero-order chi connectivity index (χ0) is 36.4. The van der Waals surface area contributed by atoms with Gasteiger partial charge in [-0.05, 0) is 13.8 Å². The van der Waals surface area contributed by atoms with E-state index in [0.29, 0.717) is 45.7 Å². The first-order valence-electron chi connectivity index (χ1n) is 15.3. The highest BCUT2D eigenvalue weighted by molar-refractivity contribution is 5.70. The van der Waals surface area contributed by atoms with Gasteiger partial charge in [0.05, 0.1) is 30.4 Å². The van der Waals surface area contributed by atoms with Crippen molar-refractivity contribution in [1.29, 1.82) is 5.26 Å². The predicted molar refractivity (Wildman–Crippen MR) is 177 cm³/mol. The van der Waals surface area contributed by atoms with Gasteiger partial charge in [-0.15, -0.1) is 20.5 Å². The fourth-order valence-electron chi connectivity index (χ4n) is 5.09. The lowest BCUT2D eigenvalue weighted by atomic mass is 9.91. The number of H-pyrrole nitrogens is 2. The van der Waals surface area contributed by atoms with Crippen LogP contribution in [-0.2, 0) is 10.8 Å². The second-order valence-corrected chi connectivity index (χ2v) is 13.4. The number of hydrogen-bond donors (Lipinski definition) is 3. The van der Waals surface area contributed by atoms with Crippen LogP contribution in [0.4, 0.5) is 28.7 Å². The number of nitrogens with one attached hydrogen (secondary N) is 2. The third kappa shape index (κ3) is 5.40. The van der Waals surface area contributed by atoms with Gasteiger partial charge in [-0.1, -0.05) is 41.5 Å². The minimum absolute atomic E-state index is 0.0262. The maximum absolute atomic E-state index is 10.7. The Morgan fingerprint density at radius 1 is 0.765 bits per heavy atom. The molecule has 22 nitrogen and oxygen atoms in total. The Bertz CT molecular complexity index is 2450. The molecule has 0 amide bonds. The molecule has 0 saturated heterocycles. The second-order valence-electron chi connectivity index (χ2n) is 13.4. The van der Waals surface area contributed by atoms with Crippen LogP contribution in [0.2, 0.25) is 0 Å². The Balaban J connectivity index is 1.32. The van der Waals surface area contributed by atoms with Crippen LogP contribution in [0.3, 0.4) is 0 Å². The molecule has 0 fully saturated rings. The molecule has 7 aromatic heterocycles. The summed E-state index contributed by atoms with van der Waals surface area (Å²) in [5.74, 6) is 0.709. The topological polar surface area (TPSA) is 264 Å². The predicted octanol–water partition coefficient (Wildman–Crippen LogP) is 5.16. The lowest BCUT2D eigenvalue weighted by Crippen LogP contribution is -2.12. The Morgan fingerprint density at radius 3 is 1.75 bits per heavy atom. The third-order valence-electron chi connectivity index (χ3n) is 7.58. The van der Waals surface area contributed by atoms with Gasteiger partial charge in [-0.25, -0.2) is 4.85 Å². The molecule has 0 aliphatic heterocycles. The van der Waals surface area contributed by atoms with Crippen LogP contribution in [0, 0.1) is 31.8 Å². The monoisotopic (exact) mass is 687 g/mol. The molecule has 22 heteroatoms.